The molecule has 5 heteroatoms. The molecule has 0 unspecified atom stereocenters. The van der Waals surface area contributed by atoms with Gasteiger partial charge in [-0.25, -0.2) is 9.67 Å². The number of carbonyl (C=O) groups is 1. The predicted molar refractivity (Wildman–Crippen MR) is 50.7 cm³/mol. The van der Waals surface area contributed by atoms with Crippen molar-refractivity contribution in [2.75, 3.05) is 6.61 Å². The summed E-state index contributed by atoms with van der Waals surface area (Å²) in [6.07, 6.45) is 0.345. The Morgan fingerprint density at radius 3 is 2.71 bits per heavy atom. The standard InChI is InChI=1S/C9H15N3O2/c1-4-14-9(13)5-6-12-8(3)10-7(2)11-12/h4-6H2,1-3H3. The van der Waals surface area contributed by atoms with E-state index < -0.39 is 0 Å². The Bertz CT molecular complexity index is 320. The summed E-state index contributed by atoms with van der Waals surface area (Å²) in [5, 5.41) is 4.14. The second-order valence-electron chi connectivity index (χ2n) is 2.98. The van der Waals surface area contributed by atoms with E-state index in [1.807, 2.05) is 13.8 Å². The molecule has 0 saturated carbocycles. The van der Waals surface area contributed by atoms with E-state index in [-0.39, 0.29) is 5.97 Å². The maximum absolute atomic E-state index is 11.1. The van der Waals surface area contributed by atoms with Crippen LogP contribution in [0.2, 0.25) is 0 Å². The van der Waals surface area contributed by atoms with E-state index in [0.717, 1.165) is 11.6 Å². The van der Waals surface area contributed by atoms with Gasteiger partial charge in [-0.1, -0.05) is 0 Å². The molecular formula is C9H15N3O2. The number of carbonyl (C=O) groups excluding carboxylic acids is 1. The highest BCUT2D eigenvalue weighted by Gasteiger charge is 2.06. The Balaban J connectivity index is 2.45. The van der Waals surface area contributed by atoms with Gasteiger partial charge < -0.3 is 4.74 Å². The van der Waals surface area contributed by atoms with Crippen LogP contribution >= 0.6 is 0 Å². The third kappa shape index (κ3) is 2.83. The van der Waals surface area contributed by atoms with Crippen molar-refractivity contribution in [3.8, 4) is 0 Å². The van der Waals surface area contributed by atoms with Gasteiger partial charge in [-0.2, -0.15) is 5.10 Å². The number of nitrogens with zero attached hydrogens (tertiary/aromatic N) is 3. The summed E-state index contributed by atoms with van der Waals surface area (Å²) < 4.78 is 6.52. The van der Waals surface area contributed by atoms with Gasteiger partial charge in [0, 0.05) is 0 Å². The van der Waals surface area contributed by atoms with E-state index in [2.05, 4.69) is 10.1 Å². The van der Waals surface area contributed by atoms with Crippen LogP contribution in [0.15, 0.2) is 0 Å². The predicted octanol–water partition coefficient (Wildman–Crippen LogP) is 0.848. The maximum Gasteiger partial charge on any atom is 0.307 e. The summed E-state index contributed by atoms with van der Waals surface area (Å²) in [5.41, 5.74) is 0. The van der Waals surface area contributed by atoms with Crippen molar-refractivity contribution in [3.63, 3.8) is 0 Å². The Labute approximate surface area is 83.1 Å². The molecule has 14 heavy (non-hydrogen) atoms. The van der Waals surface area contributed by atoms with Crippen molar-refractivity contribution in [3.05, 3.63) is 11.6 Å². The van der Waals surface area contributed by atoms with E-state index in [0.29, 0.717) is 19.6 Å². The van der Waals surface area contributed by atoms with Crippen LogP contribution in [-0.4, -0.2) is 27.3 Å². The maximum atomic E-state index is 11.1. The average Bonchev–Trinajstić information content (AvgIpc) is 2.42. The minimum Gasteiger partial charge on any atom is -0.466 e. The van der Waals surface area contributed by atoms with Gasteiger partial charge in [0.05, 0.1) is 19.6 Å². The van der Waals surface area contributed by atoms with Gasteiger partial charge in [0.15, 0.2) is 0 Å². The topological polar surface area (TPSA) is 57.0 Å². The molecule has 0 radical (unpaired) electrons. The second kappa shape index (κ2) is 4.74. The molecule has 0 atom stereocenters. The number of esters is 1. The fraction of sp³-hybridized carbons (Fsp3) is 0.667. The number of hydrogen-bond donors (Lipinski definition) is 0. The van der Waals surface area contributed by atoms with Gasteiger partial charge in [0.2, 0.25) is 0 Å². The van der Waals surface area contributed by atoms with E-state index >= 15 is 0 Å². The lowest BCUT2D eigenvalue weighted by atomic mass is 10.4. The van der Waals surface area contributed by atoms with Crippen molar-refractivity contribution >= 4 is 5.97 Å². The van der Waals surface area contributed by atoms with Crippen molar-refractivity contribution in [1.29, 1.82) is 0 Å². The van der Waals surface area contributed by atoms with Gasteiger partial charge >= 0.3 is 5.97 Å². The first kappa shape index (κ1) is 10.7. The Hall–Kier alpha value is -1.39. The first-order valence-corrected chi connectivity index (χ1v) is 4.67. The highest BCUT2D eigenvalue weighted by molar-refractivity contribution is 5.69. The minimum absolute atomic E-state index is 0.194. The molecule has 0 aliphatic rings. The lowest BCUT2D eigenvalue weighted by Crippen LogP contribution is -2.10. The minimum atomic E-state index is -0.194. The highest BCUT2D eigenvalue weighted by Crippen LogP contribution is 1.98. The number of ether oxygens (including phenoxy) is 1. The first-order chi connectivity index (χ1) is 6.63. The Kier molecular flexibility index (Phi) is 3.62. The summed E-state index contributed by atoms with van der Waals surface area (Å²) in [6, 6.07) is 0. The van der Waals surface area contributed by atoms with Crippen molar-refractivity contribution < 1.29 is 9.53 Å². The van der Waals surface area contributed by atoms with Crippen LogP contribution in [0.4, 0.5) is 0 Å². The smallest absolute Gasteiger partial charge is 0.307 e. The highest BCUT2D eigenvalue weighted by atomic mass is 16.5. The first-order valence-electron chi connectivity index (χ1n) is 4.67. The zero-order chi connectivity index (χ0) is 10.6. The molecule has 0 amide bonds. The summed E-state index contributed by atoms with van der Waals surface area (Å²) in [4.78, 5) is 15.2. The van der Waals surface area contributed by atoms with E-state index in [9.17, 15) is 4.79 Å². The Morgan fingerprint density at radius 1 is 1.50 bits per heavy atom. The molecule has 1 aromatic rings. The van der Waals surface area contributed by atoms with Crippen LogP contribution in [0.1, 0.15) is 25.0 Å². The quantitative estimate of drug-likeness (QED) is 0.671. The lowest BCUT2D eigenvalue weighted by molar-refractivity contribution is -0.143. The molecule has 0 bridgehead atoms. The van der Waals surface area contributed by atoms with Crippen LogP contribution in [0.3, 0.4) is 0 Å². The van der Waals surface area contributed by atoms with E-state index in [1.54, 1.807) is 11.6 Å². The van der Waals surface area contributed by atoms with Crippen molar-refractivity contribution in [2.45, 2.75) is 33.7 Å². The zero-order valence-electron chi connectivity index (χ0n) is 8.78. The van der Waals surface area contributed by atoms with Crippen LogP contribution in [0.25, 0.3) is 0 Å². The molecule has 0 aliphatic carbocycles. The molecule has 0 N–H and O–H groups in total. The van der Waals surface area contributed by atoms with Gasteiger partial charge in [-0.05, 0) is 20.8 Å². The average molecular weight is 197 g/mol. The van der Waals surface area contributed by atoms with E-state index in [1.165, 1.54) is 0 Å². The lowest BCUT2D eigenvalue weighted by Gasteiger charge is -2.02. The molecule has 0 aromatic carbocycles. The molecule has 0 fully saturated rings. The molecule has 1 heterocycles. The van der Waals surface area contributed by atoms with Gasteiger partial charge in [0.1, 0.15) is 11.6 Å². The summed E-state index contributed by atoms with van der Waals surface area (Å²) in [7, 11) is 0. The molecule has 0 saturated heterocycles. The molecular weight excluding hydrogens is 182 g/mol. The van der Waals surface area contributed by atoms with Gasteiger partial charge in [-0.3, -0.25) is 4.79 Å². The third-order valence-corrected chi connectivity index (χ3v) is 1.80. The monoisotopic (exact) mass is 197 g/mol. The zero-order valence-corrected chi connectivity index (χ0v) is 8.78. The third-order valence-electron chi connectivity index (χ3n) is 1.80. The molecule has 78 valence electrons. The number of aromatic nitrogens is 3. The number of rotatable bonds is 4. The summed E-state index contributed by atoms with van der Waals surface area (Å²) in [6.45, 7) is 6.45. The number of aryl methyl sites for hydroxylation is 3. The van der Waals surface area contributed by atoms with Crippen LogP contribution in [-0.2, 0) is 16.1 Å². The van der Waals surface area contributed by atoms with Crippen LogP contribution in [0.5, 0.6) is 0 Å². The SMILES string of the molecule is CCOC(=O)CCn1nc(C)nc1C. The Morgan fingerprint density at radius 2 is 2.21 bits per heavy atom. The largest absolute Gasteiger partial charge is 0.466 e. The summed E-state index contributed by atoms with van der Waals surface area (Å²) >= 11 is 0. The van der Waals surface area contributed by atoms with Gasteiger partial charge in [0.25, 0.3) is 0 Å². The van der Waals surface area contributed by atoms with Crippen LogP contribution < -0.4 is 0 Å². The van der Waals surface area contributed by atoms with Crippen LogP contribution in [0, 0.1) is 13.8 Å². The second-order valence-corrected chi connectivity index (χ2v) is 2.98. The molecule has 0 spiro atoms. The molecule has 1 aromatic heterocycles. The molecule has 0 aliphatic heterocycles. The summed E-state index contributed by atoms with van der Waals surface area (Å²) in [5.74, 6) is 1.36. The van der Waals surface area contributed by atoms with E-state index in [4.69, 9.17) is 4.74 Å². The van der Waals surface area contributed by atoms with Gasteiger partial charge in [-0.15, -0.1) is 0 Å². The normalized spacial score (nSPS) is 10.2. The van der Waals surface area contributed by atoms with Crippen molar-refractivity contribution in [2.24, 2.45) is 0 Å². The fourth-order valence-corrected chi connectivity index (χ4v) is 1.20. The molecule has 1 rings (SSSR count). The van der Waals surface area contributed by atoms with Crippen molar-refractivity contribution in [1.82, 2.24) is 14.8 Å². The number of hydrogen-bond acceptors (Lipinski definition) is 4. The fourth-order valence-electron chi connectivity index (χ4n) is 1.20. The molecule has 5 nitrogen and oxygen atoms in total.